The Bertz CT molecular complexity index is 1170. The minimum absolute atomic E-state index is 0.258. The van der Waals surface area contributed by atoms with E-state index in [0.29, 0.717) is 38.2 Å². The van der Waals surface area contributed by atoms with E-state index in [2.05, 4.69) is 10.2 Å². The van der Waals surface area contributed by atoms with Gasteiger partial charge in [-0.25, -0.2) is 4.68 Å². The Balaban J connectivity index is 1.89. The number of hydrogen-bond donors (Lipinski definition) is 0. The molecule has 0 spiro atoms. The number of halogens is 3. The van der Waals surface area contributed by atoms with Crippen LogP contribution in [0.3, 0.4) is 0 Å². The maximum absolute atomic E-state index is 6.45. The molecule has 0 unspecified atom stereocenters. The molecule has 5 nitrogen and oxygen atoms in total. The first-order chi connectivity index (χ1) is 13.7. The second-order valence-electron chi connectivity index (χ2n) is 7.59. The van der Waals surface area contributed by atoms with Gasteiger partial charge in [-0.3, -0.25) is 0 Å². The minimum atomic E-state index is -0.258. The van der Waals surface area contributed by atoms with Crippen molar-refractivity contribution in [2.24, 2.45) is 0 Å². The summed E-state index contributed by atoms with van der Waals surface area (Å²) in [6.45, 7) is 6.03. The number of nitrogens with zero attached hydrogens (tertiary/aromatic N) is 4. The van der Waals surface area contributed by atoms with Crippen molar-refractivity contribution in [3.63, 3.8) is 0 Å². The van der Waals surface area contributed by atoms with Gasteiger partial charge >= 0.3 is 0 Å². The van der Waals surface area contributed by atoms with Crippen LogP contribution in [0.25, 0.3) is 28.5 Å². The highest BCUT2D eigenvalue weighted by atomic mass is 35.5. The monoisotopic (exact) mass is 446 g/mol. The largest absolute Gasteiger partial charge is 0.419 e. The third-order valence-corrected chi connectivity index (χ3v) is 5.06. The summed E-state index contributed by atoms with van der Waals surface area (Å²) < 4.78 is 7.60. The van der Waals surface area contributed by atoms with Crippen LogP contribution in [0.15, 0.2) is 52.9 Å². The summed E-state index contributed by atoms with van der Waals surface area (Å²) in [5.74, 6) is 0.883. The van der Waals surface area contributed by atoms with Crippen molar-refractivity contribution >= 4 is 34.8 Å². The van der Waals surface area contributed by atoms with Crippen LogP contribution in [0.4, 0.5) is 0 Å². The SMILES string of the molecule is CC(C)(C)c1nnc(-c2cc(-c3ccc(Cl)cc3)n(-c3ccc(Cl)cc3Cl)n2)o1. The molecule has 0 atom stereocenters. The zero-order valence-electron chi connectivity index (χ0n) is 15.9. The highest BCUT2D eigenvalue weighted by Gasteiger charge is 2.24. The predicted octanol–water partition coefficient (Wildman–Crippen LogP) is 6.85. The maximum Gasteiger partial charge on any atom is 0.268 e. The van der Waals surface area contributed by atoms with Crippen molar-refractivity contribution in [1.29, 1.82) is 0 Å². The normalized spacial score (nSPS) is 11.8. The molecule has 0 radical (unpaired) electrons. The lowest BCUT2D eigenvalue weighted by atomic mass is 9.97. The molecule has 2 aromatic heterocycles. The smallest absolute Gasteiger partial charge is 0.268 e. The fraction of sp³-hybridized carbons (Fsp3) is 0.190. The molecular formula is C21H17Cl3N4O. The molecule has 0 aliphatic heterocycles. The molecule has 0 saturated heterocycles. The van der Waals surface area contributed by atoms with Crippen molar-refractivity contribution in [1.82, 2.24) is 20.0 Å². The average Bonchev–Trinajstić information content (AvgIpc) is 3.29. The molecular weight excluding hydrogens is 431 g/mol. The number of rotatable bonds is 3. The summed E-state index contributed by atoms with van der Waals surface area (Å²) in [4.78, 5) is 0. The number of aromatic nitrogens is 4. The molecule has 0 amide bonds. The topological polar surface area (TPSA) is 56.7 Å². The second kappa shape index (κ2) is 7.48. The van der Waals surface area contributed by atoms with Gasteiger partial charge in [0, 0.05) is 21.0 Å². The second-order valence-corrected chi connectivity index (χ2v) is 8.87. The molecule has 0 fully saturated rings. The summed E-state index contributed by atoms with van der Waals surface area (Å²) >= 11 is 18.6. The van der Waals surface area contributed by atoms with Crippen LogP contribution >= 0.6 is 34.8 Å². The van der Waals surface area contributed by atoms with E-state index >= 15 is 0 Å². The van der Waals surface area contributed by atoms with E-state index in [1.807, 2.05) is 57.2 Å². The fourth-order valence-electron chi connectivity index (χ4n) is 2.78. The molecule has 0 bridgehead atoms. The summed E-state index contributed by atoms with van der Waals surface area (Å²) in [5.41, 5.74) is 2.68. The summed E-state index contributed by atoms with van der Waals surface area (Å²) in [7, 11) is 0. The average molecular weight is 448 g/mol. The van der Waals surface area contributed by atoms with Gasteiger partial charge in [-0.2, -0.15) is 5.10 Å². The van der Waals surface area contributed by atoms with Gasteiger partial charge in [0.1, 0.15) is 0 Å². The fourth-order valence-corrected chi connectivity index (χ4v) is 3.39. The molecule has 0 N–H and O–H groups in total. The van der Waals surface area contributed by atoms with Crippen LogP contribution < -0.4 is 0 Å². The van der Waals surface area contributed by atoms with E-state index in [1.165, 1.54) is 0 Å². The molecule has 0 aliphatic rings. The van der Waals surface area contributed by atoms with Crippen molar-refractivity contribution in [3.05, 3.63) is 69.5 Å². The van der Waals surface area contributed by atoms with Crippen molar-refractivity contribution in [2.45, 2.75) is 26.2 Å². The van der Waals surface area contributed by atoms with Crippen LogP contribution in [-0.2, 0) is 5.41 Å². The first-order valence-corrected chi connectivity index (χ1v) is 10.0. The quantitative estimate of drug-likeness (QED) is 0.345. The molecule has 2 heterocycles. The van der Waals surface area contributed by atoms with E-state index in [1.54, 1.807) is 16.8 Å². The predicted molar refractivity (Wildman–Crippen MR) is 116 cm³/mol. The van der Waals surface area contributed by atoms with Crippen molar-refractivity contribution in [3.8, 4) is 28.5 Å². The Morgan fingerprint density at radius 3 is 2.17 bits per heavy atom. The molecule has 8 heteroatoms. The Kier molecular flexibility index (Phi) is 5.15. The lowest BCUT2D eigenvalue weighted by molar-refractivity contribution is 0.398. The molecule has 4 rings (SSSR count). The van der Waals surface area contributed by atoms with E-state index in [0.717, 1.165) is 11.3 Å². The summed E-state index contributed by atoms with van der Waals surface area (Å²) in [6, 6.07) is 14.6. The first kappa shape index (κ1) is 20.0. The summed E-state index contributed by atoms with van der Waals surface area (Å²) in [6.07, 6.45) is 0. The molecule has 0 saturated carbocycles. The van der Waals surface area contributed by atoms with Gasteiger partial charge in [0.25, 0.3) is 5.89 Å². The lowest BCUT2D eigenvalue weighted by Gasteiger charge is -2.10. The maximum atomic E-state index is 6.45. The summed E-state index contributed by atoms with van der Waals surface area (Å²) in [5, 5.41) is 14.7. The third kappa shape index (κ3) is 4.04. The van der Waals surface area contributed by atoms with E-state index in [4.69, 9.17) is 44.3 Å². The number of hydrogen-bond acceptors (Lipinski definition) is 4. The minimum Gasteiger partial charge on any atom is -0.419 e. The van der Waals surface area contributed by atoms with Gasteiger partial charge in [0.05, 0.1) is 16.4 Å². The highest BCUT2D eigenvalue weighted by Crippen LogP contribution is 2.33. The first-order valence-electron chi connectivity index (χ1n) is 8.88. The molecule has 2 aromatic carbocycles. The zero-order valence-corrected chi connectivity index (χ0v) is 18.2. The van der Waals surface area contributed by atoms with Crippen LogP contribution in [0.1, 0.15) is 26.7 Å². The number of benzene rings is 2. The Morgan fingerprint density at radius 2 is 1.55 bits per heavy atom. The van der Waals surface area contributed by atoms with E-state index in [-0.39, 0.29) is 5.41 Å². The zero-order chi connectivity index (χ0) is 20.8. The lowest BCUT2D eigenvalue weighted by Crippen LogP contribution is -2.11. The highest BCUT2D eigenvalue weighted by molar-refractivity contribution is 6.35. The van der Waals surface area contributed by atoms with Gasteiger partial charge in [-0.15, -0.1) is 10.2 Å². The molecule has 0 aliphatic carbocycles. The van der Waals surface area contributed by atoms with Gasteiger partial charge in [0.15, 0.2) is 5.69 Å². The van der Waals surface area contributed by atoms with Crippen molar-refractivity contribution in [2.75, 3.05) is 0 Å². The van der Waals surface area contributed by atoms with Gasteiger partial charge in [-0.1, -0.05) is 67.7 Å². The van der Waals surface area contributed by atoms with E-state index < -0.39 is 0 Å². The Hall–Kier alpha value is -2.34. The van der Waals surface area contributed by atoms with Crippen molar-refractivity contribution < 1.29 is 4.42 Å². The molecule has 29 heavy (non-hydrogen) atoms. The standard InChI is InChI=1S/C21H17Cl3N4O/c1-21(2,3)20-26-25-19(29-20)16-11-18(12-4-6-13(22)7-5-12)28(27-16)17-9-8-14(23)10-15(17)24/h4-11H,1-3H3. The van der Waals surface area contributed by atoms with Crippen LogP contribution in [0, 0.1) is 0 Å². The van der Waals surface area contributed by atoms with Crippen LogP contribution in [0.2, 0.25) is 15.1 Å². The third-order valence-electron chi connectivity index (χ3n) is 4.27. The van der Waals surface area contributed by atoms with E-state index in [9.17, 15) is 0 Å². The Labute approximate surface area is 183 Å². The van der Waals surface area contributed by atoms with Crippen LogP contribution in [0.5, 0.6) is 0 Å². The Morgan fingerprint density at radius 1 is 0.862 bits per heavy atom. The van der Waals surface area contributed by atoms with Gasteiger partial charge < -0.3 is 4.42 Å². The van der Waals surface area contributed by atoms with Crippen LogP contribution in [-0.4, -0.2) is 20.0 Å². The molecule has 4 aromatic rings. The van der Waals surface area contributed by atoms with Gasteiger partial charge in [0.2, 0.25) is 5.89 Å². The molecule has 148 valence electrons. The van der Waals surface area contributed by atoms with Gasteiger partial charge in [-0.05, 0) is 36.4 Å².